The third-order valence-corrected chi connectivity index (χ3v) is 6.20. The molecule has 0 saturated heterocycles. The van der Waals surface area contributed by atoms with Gasteiger partial charge >= 0.3 is 0 Å². The van der Waals surface area contributed by atoms with Crippen LogP contribution in [0.5, 0.6) is 0 Å². The minimum Gasteiger partial charge on any atom is -0.321 e. The standard InChI is InChI=1S/C20H15ClN4O2S2/c1-12-24-25-18(26)10-15(22-20(25)29-12)11-28-17-5-3-2-4-16(17)23-19(27)13-6-8-14(21)9-7-13/h2-10H,11H2,1H3,(H,23,27). The number of thioether (sulfide) groups is 1. The van der Waals surface area contributed by atoms with Crippen molar-refractivity contribution in [1.29, 1.82) is 0 Å². The van der Waals surface area contributed by atoms with Crippen LogP contribution in [0.25, 0.3) is 4.96 Å². The molecular weight excluding hydrogens is 428 g/mol. The lowest BCUT2D eigenvalue weighted by Crippen LogP contribution is -2.15. The number of nitrogens with zero attached hydrogens (tertiary/aromatic N) is 3. The van der Waals surface area contributed by atoms with Crippen LogP contribution in [-0.4, -0.2) is 20.5 Å². The van der Waals surface area contributed by atoms with Gasteiger partial charge in [0.2, 0.25) is 4.96 Å². The van der Waals surface area contributed by atoms with Crippen LogP contribution in [0.1, 0.15) is 21.1 Å². The molecule has 4 aromatic rings. The quantitative estimate of drug-likeness (QED) is 0.455. The first kappa shape index (κ1) is 19.6. The van der Waals surface area contributed by atoms with Crippen molar-refractivity contribution in [3.63, 3.8) is 0 Å². The minimum atomic E-state index is -0.215. The monoisotopic (exact) mass is 442 g/mol. The van der Waals surface area contributed by atoms with E-state index in [1.807, 2.05) is 31.2 Å². The molecule has 0 bridgehead atoms. The molecule has 1 N–H and O–H groups in total. The van der Waals surface area contributed by atoms with E-state index in [4.69, 9.17) is 11.6 Å². The van der Waals surface area contributed by atoms with Gasteiger partial charge in [-0.2, -0.15) is 9.61 Å². The highest BCUT2D eigenvalue weighted by Crippen LogP contribution is 2.30. The number of halogens is 1. The molecule has 2 aromatic heterocycles. The van der Waals surface area contributed by atoms with Gasteiger partial charge in [0.15, 0.2) is 0 Å². The van der Waals surface area contributed by atoms with Crippen LogP contribution in [0.2, 0.25) is 5.02 Å². The molecule has 29 heavy (non-hydrogen) atoms. The van der Waals surface area contributed by atoms with Crippen molar-refractivity contribution in [3.8, 4) is 0 Å². The zero-order valence-electron chi connectivity index (χ0n) is 15.3. The number of carbonyl (C=O) groups is 1. The molecular formula is C20H15ClN4O2S2. The second-order valence-corrected chi connectivity index (χ2v) is 8.76. The first-order valence-corrected chi connectivity index (χ1v) is 10.8. The van der Waals surface area contributed by atoms with E-state index in [1.54, 1.807) is 24.3 Å². The molecule has 4 rings (SSSR count). The number of carbonyl (C=O) groups excluding carboxylic acids is 1. The van der Waals surface area contributed by atoms with Gasteiger partial charge in [0.25, 0.3) is 11.5 Å². The summed E-state index contributed by atoms with van der Waals surface area (Å²) in [6.07, 6.45) is 0. The van der Waals surface area contributed by atoms with Crippen molar-refractivity contribution in [3.05, 3.63) is 86.2 Å². The van der Waals surface area contributed by atoms with Crippen molar-refractivity contribution in [1.82, 2.24) is 14.6 Å². The second-order valence-electron chi connectivity index (χ2n) is 6.15. The number of aryl methyl sites for hydroxylation is 1. The van der Waals surface area contributed by atoms with Crippen LogP contribution in [0, 0.1) is 6.92 Å². The summed E-state index contributed by atoms with van der Waals surface area (Å²) in [4.78, 5) is 30.7. The van der Waals surface area contributed by atoms with Crippen LogP contribution in [-0.2, 0) is 5.75 Å². The predicted octanol–water partition coefficient (Wildman–Crippen LogP) is 4.66. The fourth-order valence-electron chi connectivity index (χ4n) is 2.67. The minimum absolute atomic E-state index is 0.195. The van der Waals surface area contributed by atoms with Crippen LogP contribution in [0.4, 0.5) is 5.69 Å². The molecule has 0 aliphatic rings. The number of anilines is 1. The van der Waals surface area contributed by atoms with Gasteiger partial charge < -0.3 is 5.32 Å². The summed E-state index contributed by atoms with van der Waals surface area (Å²) in [6, 6.07) is 15.7. The predicted molar refractivity (Wildman–Crippen MR) is 117 cm³/mol. The molecule has 0 aliphatic heterocycles. The molecule has 0 radical (unpaired) electrons. The van der Waals surface area contributed by atoms with E-state index in [2.05, 4.69) is 15.4 Å². The van der Waals surface area contributed by atoms with Gasteiger partial charge in [0.1, 0.15) is 5.01 Å². The van der Waals surface area contributed by atoms with Gasteiger partial charge in [-0.05, 0) is 43.3 Å². The highest BCUT2D eigenvalue weighted by molar-refractivity contribution is 7.98. The van der Waals surface area contributed by atoms with E-state index < -0.39 is 0 Å². The molecule has 9 heteroatoms. The molecule has 146 valence electrons. The number of para-hydroxylation sites is 1. The largest absolute Gasteiger partial charge is 0.321 e. The van der Waals surface area contributed by atoms with Gasteiger partial charge in [-0.15, -0.1) is 11.8 Å². The Morgan fingerprint density at radius 2 is 1.97 bits per heavy atom. The Morgan fingerprint density at radius 1 is 1.21 bits per heavy atom. The zero-order valence-corrected chi connectivity index (χ0v) is 17.6. The number of aromatic nitrogens is 3. The number of hydrogen-bond donors (Lipinski definition) is 1. The van der Waals surface area contributed by atoms with Gasteiger partial charge in [0, 0.05) is 27.3 Å². The number of fused-ring (bicyclic) bond motifs is 1. The average Bonchev–Trinajstić information content (AvgIpc) is 3.08. The molecule has 2 heterocycles. The van der Waals surface area contributed by atoms with Gasteiger partial charge in [-0.1, -0.05) is 35.1 Å². The smallest absolute Gasteiger partial charge is 0.275 e. The lowest BCUT2D eigenvalue weighted by atomic mass is 10.2. The van der Waals surface area contributed by atoms with E-state index in [0.717, 1.165) is 9.90 Å². The summed E-state index contributed by atoms with van der Waals surface area (Å²) in [5.74, 6) is 0.281. The molecule has 0 aliphatic carbocycles. The van der Waals surface area contributed by atoms with E-state index in [0.29, 0.717) is 32.7 Å². The molecule has 0 spiro atoms. The molecule has 1 amide bonds. The molecule has 6 nitrogen and oxygen atoms in total. The molecule has 2 aromatic carbocycles. The maximum atomic E-state index is 12.5. The van der Waals surface area contributed by atoms with Crippen LogP contribution in [0.3, 0.4) is 0 Å². The highest BCUT2D eigenvalue weighted by atomic mass is 35.5. The zero-order chi connectivity index (χ0) is 20.4. The highest BCUT2D eigenvalue weighted by Gasteiger charge is 2.11. The Morgan fingerprint density at radius 3 is 2.76 bits per heavy atom. The maximum absolute atomic E-state index is 12.5. The van der Waals surface area contributed by atoms with Crippen molar-refractivity contribution in [2.45, 2.75) is 17.6 Å². The Kier molecular flexibility index (Phi) is 5.66. The van der Waals surface area contributed by atoms with Crippen molar-refractivity contribution < 1.29 is 4.79 Å². The summed E-state index contributed by atoms with van der Waals surface area (Å²) in [5, 5.41) is 8.45. The van der Waals surface area contributed by atoms with Crippen molar-refractivity contribution >= 4 is 51.3 Å². The summed E-state index contributed by atoms with van der Waals surface area (Å²) in [6.45, 7) is 1.84. The lowest BCUT2D eigenvalue weighted by molar-refractivity contribution is 0.102. The Bertz CT molecular complexity index is 1250. The number of hydrogen-bond acceptors (Lipinski definition) is 6. The summed E-state index contributed by atoms with van der Waals surface area (Å²) in [7, 11) is 0. The fourth-order valence-corrected chi connectivity index (χ4v) is 4.46. The number of nitrogens with one attached hydrogen (secondary N) is 1. The van der Waals surface area contributed by atoms with Crippen LogP contribution < -0.4 is 10.9 Å². The summed E-state index contributed by atoms with van der Waals surface area (Å²) in [5.41, 5.74) is 1.69. The second kappa shape index (κ2) is 8.36. The fraction of sp³-hybridized carbons (Fsp3) is 0.100. The van der Waals surface area contributed by atoms with E-state index in [1.165, 1.54) is 33.7 Å². The number of rotatable bonds is 5. The first-order chi connectivity index (χ1) is 14.0. The number of benzene rings is 2. The van der Waals surface area contributed by atoms with Crippen LogP contribution in [0.15, 0.2) is 64.3 Å². The third kappa shape index (κ3) is 4.50. The maximum Gasteiger partial charge on any atom is 0.275 e. The lowest BCUT2D eigenvalue weighted by Gasteiger charge is -2.11. The Balaban J connectivity index is 1.52. The van der Waals surface area contributed by atoms with Gasteiger partial charge in [0.05, 0.1) is 11.4 Å². The van der Waals surface area contributed by atoms with Gasteiger partial charge in [-0.3, -0.25) is 9.59 Å². The van der Waals surface area contributed by atoms with Crippen LogP contribution >= 0.6 is 34.7 Å². The van der Waals surface area contributed by atoms with Crippen molar-refractivity contribution in [2.75, 3.05) is 5.32 Å². The van der Waals surface area contributed by atoms with E-state index in [9.17, 15) is 9.59 Å². The number of amides is 1. The molecule has 0 saturated carbocycles. The third-order valence-electron chi connectivity index (χ3n) is 4.02. The summed E-state index contributed by atoms with van der Waals surface area (Å²) < 4.78 is 1.31. The van der Waals surface area contributed by atoms with Crippen molar-refractivity contribution in [2.24, 2.45) is 0 Å². The normalized spacial score (nSPS) is 11.0. The Hall–Kier alpha value is -2.68. The van der Waals surface area contributed by atoms with E-state index in [-0.39, 0.29) is 11.5 Å². The molecule has 0 fully saturated rings. The SMILES string of the molecule is Cc1nn2c(=O)cc(CSc3ccccc3NC(=O)c3ccc(Cl)cc3)nc2s1. The molecule has 0 atom stereocenters. The average molecular weight is 443 g/mol. The molecule has 0 unspecified atom stereocenters. The topological polar surface area (TPSA) is 76.4 Å². The summed E-state index contributed by atoms with van der Waals surface area (Å²) >= 11 is 8.76. The first-order valence-electron chi connectivity index (χ1n) is 8.65. The van der Waals surface area contributed by atoms with Gasteiger partial charge in [-0.25, -0.2) is 4.98 Å². The van der Waals surface area contributed by atoms with E-state index >= 15 is 0 Å². The Labute approximate surface area is 179 Å².